The van der Waals surface area contributed by atoms with Crippen LogP contribution in [0.4, 0.5) is 10.1 Å². The van der Waals surface area contributed by atoms with Gasteiger partial charge < -0.3 is 9.80 Å². The molecule has 1 amide bonds. The van der Waals surface area contributed by atoms with Crippen molar-refractivity contribution in [3.63, 3.8) is 0 Å². The van der Waals surface area contributed by atoms with Crippen molar-refractivity contribution in [3.05, 3.63) is 74.5 Å². The monoisotopic (exact) mass is 378 g/mol. The number of hydrogen-bond donors (Lipinski definition) is 1. The van der Waals surface area contributed by atoms with Crippen LogP contribution < -0.4 is 4.90 Å². The quantitative estimate of drug-likeness (QED) is 0.653. The molecule has 8 heteroatoms. The van der Waals surface area contributed by atoms with Gasteiger partial charge in [0.2, 0.25) is 5.82 Å². The van der Waals surface area contributed by atoms with Crippen molar-refractivity contribution < 1.29 is 19.0 Å². The molecule has 0 bridgehead atoms. The fourth-order valence-electron chi connectivity index (χ4n) is 3.11. The molecule has 1 aliphatic heterocycles. The number of halogens is 2. The summed E-state index contributed by atoms with van der Waals surface area (Å²) < 4.78 is 13.4. The van der Waals surface area contributed by atoms with Crippen LogP contribution in [0.3, 0.4) is 0 Å². The van der Waals surface area contributed by atoms with Gasteiger partial charge in [-0.1, -0.05) is 23.7 Å². The van der Waals surface area contributed by atoms with E-state index in [4.69, 9.17) is 11.6 Å². The molecule has 26 heavy (non-hydrogen) atoms. The lowest BCUT2D eigenvalue weighted by molar-refractivity contribution is -0.917. The van der Waals surface area contributed by atoms with Gasteiger partial charge >= 0.3 is 5.69 Å². The first-order chi connectivity index (χ1) is 12.4. The minimum absolute atomic E-state index is 0.136. The number of nitrogens with zero attached hydrogens (tertiary/aromatic N) is 2. The molecule has 0 spiro atoms. The normalized spacial score (nSPS) is 15.1. The molecule has 3 rings (SSSR count). The topological polar surface area (TPSA) is 67.9 Å². The van der Waals surface area contributed by atoms with Crippen LogP contribution in [-0.2, 0) is 6.54 Å². The van der Waals surface area contributed by atoms with Crippen molar-refractivity contribution >= 4 is 23.2 Å². The highest BCUT2D eigenvalue weighted by Gasteiger charge is 2.26. The Morgan fingerprint density at radius 1 is 1.23 bits per heavy atom. The van der Waals surface area contributed by atoms with Gasteiger partial charge in [-0.15, -0.1) is 0 Å². The maximum absolute atomic E-state index is 13.4. The van der Waals surface area contributed by atoms with E-state index in [0.717, 1.165) is 37.3 Å². The van der Waals surface area contributed by atoms with Gasteiger partial charge in [0.05, 0.1) is 31.1 Å². The molecule has 1 heterocycles. The summed E-state index contributed by atoms with van der Waals surface area (Å²) in [5.41, 5.74) is 0.596. The Hall–Kier alpha value is -2.51. The number of amides is 1. The van der Waals surface area contributed by atoms with Crippen molar-refractivity contribution in [1.82, 2.24) is 4.90 Å². The Balaban J connectivity index is 1.62. The minimum atomic E-state index is -0.942. The van der Waals surface area contributed by atoms with Crippen molar-refractivity contribution in [2.75, 3.05) is 26.2 Å². The summed E-state index contributed by atoms with van der Waals surface area (Å²) >= 11 is 6.00. The third kappa shape index (κ3) is 4.17. The molecule has 2 aromatic carbocycles. The zero-order valence-electron chi connectivity index (χ0n) is 14.0. The van der Waals surface area contributed by atoms with Crippen LogP contribution in [0.1, 0.15) is 15.9 Å². The number of piperazine rings is 1. The van der Waals surface area contributed by atoms with Crippen LogP contribution in [-0.4, -0.2) is 41.9 Å². The predicted molar refractivity (Wildman–Crippen MR) is 94.8 cm³/mol. The Morgan fingerprint density at radius 3 is 2.62 bits per heavy atom. The average molecular weight is 379 g/mol. The molecule has 6 nitrogen and oxygen atoms in total. The summed E-state index contributed by atoms with van der Waals surface area (Å²) in [6.45, 7) is 3.44. The number of benzene rings is 2. The van der Waals surface area contributed by atoms with Gasteiger partial charge in [-0.3, -0.25) is 14.9 Å². The molecule has 2 aromatic rings. The second kappa shape index (κ2) is 7.80. The molecule has 1 saturated heterocycles. The van der Waals surface area contributed by atoms with E-state index in [2.05, 4.69) is 0 Å². The van der Waals surface area contributed by atoms with E-state index in [1.54, 1.807) is 4.90 Å². The van der Waals surface area contributed by atoms with Crippen molar-refractivity contribution in [3.8, 4) is 0 Å². The molecule has 0 radical (unpaired) electrons. The lowest BCUT2D eigenvalue weighted by Gasteiger charge is -2.32. The lowest BCUT2D eigenvalue weighted by atomic mass is 10.1. The van der Waals surface area contributed by atoms with Crippen molar-refractivity contribution in [2.24, 2.45) is 0 Å². The van der Waals surface area contributed by atoms with Crippen LogP contribution in [0.15, 0.2) is 42.5 Å². The highest BCUT2D eigenvalue weighted by atomic mass is 35.5. The van der Waals surface area contributed by atoms with Crippen molar-refractivity contribution in [1.29, 1.82) is 0 Å². The molecule has 0 atom stereocenters. The van der Waals surface area contributed by atoms with E-state index >= 15 is 0 Å². The van der Waals surface area contributed by atoms with Crippen molar-refractivity contribution in [2.45, 2.75) is 6.54 Å². The smallest absolute Gasteiger partial charge is 0.305 e. The molecular weight excluding hydrogens is 361 g/mol. The summed E-state index contributed by atoms with van der Waals surface area (Å²) in [5.74, 6) is -1.25. The number of quaternary nitrogens is 1. The number of nitrogens with one attached hydrogen (secondary N) is 1. The Kier molecular flexibility index (Phi) is 5.49. The summed E-state index contributed by atoms with van der Waals surface area (Å²) in [6, 6.07) is 11.0. The largest absolute Gasteiger partial charge is 0.328 e. The number of carbonyl (C=O) groups excluding carboxylic acids is 1. The maximum atomic E-state index is 13.4. The molecule has 0 aliphatic carbocycles. The Morgan fingerprint density at radius 2 is 1.96 bits per heavy atom. The Labute approximate surface area is 154 Å². The standard InChI is InChI=1S/C18H17ClFN3O3/c19-15-3-1-2-13(10-15)12-21-6-8-22(9-7-21)18(24)14-4-5-16(20)17(11-14)23(25)26/h1-5,10-11H,6-9,12H2/p+1. The third-order valence-corrected chi connectivity index (χ3v) is 4.73. The fraction of sp³-hybridized carbons (Fsp3) is 0.278. The van der Waals surface area contributed by atoms with E-state index in [1.807, 2.05) is 24.3 Å². The summed E-state index contributed by atoms with van der Waals surface area (Å²) in [6.07, 6.45) is 0. The highest BCUT2D eigenvalue weighted by molar-refractivity contribution is 6.30. The number of nitro groups is 1. The van der Waals surface area contributed by atoms with Gasteiger partial charge in [0, 0.05) is 22.2 Å². The average Bonchev–Trinajstić information content (AvgIpc) is 2.62. The molecule has 1 fully saturated rings. The number of rotatable bonds is 4. The molecule has 0 aromatic heterocycles. The summed E-state index contributed by atoms with van der Waals surface area (Å²) in [4.78, 5) is 25.6. The third-order valence-electron chi connectivity index (χ3n) is 4.49. The molecule has 0 saturated carbocycles. The SMILES string of the molecule is O=C(c1ccc(F)c([N+](=O)[O-])c1)N1CC[NH+](Cc2cccc(Cl)c2)CC1. The van der Waals surface area contributed by atoms with Gasteiger partial charge in [0.15, 0.2) is 0 Å². The summed E-state index contributed by atoms with van der Waals surface area (Å²) in [5, 5.41) is 11.5. The lowest BCUT2D eigenvalue weighted by Crippen LogP contribution is -3.13. The molecular formula is C18H18ClFN3O3+. The highest BCUT2D eigenvalue weighted by Crippen LogP contribution is 2.19. The minimum Gasteiger partial charge on any atom is -0.328 e. The number of carbonyl (C=O) groups is 1. The van der Waals surface area contributed by atoms with Crippen LogP contribution in [0.25, 0.3) is 0 Å². The van der Waals surface area contributed by atoms with E-state index in [1.165, 1.54) is 11.0 Å². The van der Waals surface area contributed by atoms with E-state index in [9.17, 15) is 19.3 Å². The van der Waals surface area contributed by atoms with Gasteiger partial charge in [-0.05, 0) is 24.3 Å². The predicted octanol–water partition coefficient (Wildman–Crippen LogP) is 1.93. The first kappa shape index (κ1) is 18.3. The van der Waals surface area contributed by atoms with Gasteiger partial charge in [0.25, 0.3) is 5.91 Å². The molecule has 136 valence electrons. The van der Waals surface area contributed by atoms with E-state index in [-0.39, 0.29) is 11.5 Å². The van der Waals surface area contributed by atoms with E-state index < -0.39 is 16.4 Å². The van der Waals surface area contributed by atoms with E-state index in [0.29, 0.717) is 18.1 Å². The van der Waals surface area contributed by atoms with Crippen LogP contribution in [0, 0.1) is 15.9 Å². The van der Waals surface area contributed by atoms with Gasteiger partial charge in [0.1, 0.15) is 6.54 Å². The second-order valence-electron chi connectivity index (χ2n) is 6.27. The number of hydrogen-bond acceptors (Lipinski definition) is 3. The zero-order chi connectivity index (χ0) is 18.7. The van der Waals surface area contributed by atoms with Crippen LogP contribution >= 0.6 is 11.6 Å². The second-order valence-corrected chi connectivity index (χ2v) is 6.71. The number of nitro benzene ring substituents is 1. The van der Waals surface area contributed by atoms with Crippen LogP contribution in [0.2, 0.25) is 5.02 Å². The fourth-order valence-corrected chi connectivity index (χ4v) is 3.32. The van der Waals surface area contributed by atoms with Gasteiger partial charge in [-0.25, -0.2) is 0 Å². The summed E-state index contributed by atoms with van der Waals surface area (Å²) in [7, 11) is 0. The molecule has 1 aliphatic rings. The Bertz CT molecular complexity index is 838. The molecule has 0 unspecified atom stereocenters. The molecule has 1 N–H and O–H groups in total. The first-order valence-electron chi connectivity index (χ1n) is 8.25. The van der Waals surface area contributed by atoms with Gasteiger partial charge in [-0.2, -0.15) is 4.39 Å². The first-order valence-corrected chi connectivity index (χ1v) is 8.63. The zero-order valence-corrected chi connectivity index (χ0v) is 14.7. The van der Waals surface area contributed by atoms with Crippen LogP contribution in [0.5, 0.6) is 0 Å². The maximum Gasteiger partial charge on any atom is 0.305 e.